The molecule has 0 aromatic carbocycles. The van der Waals surface area contributed by atoms with E-state index in [9.17, 15) is 4.79 Å². The summed E-state index contributed by atoms with van der Waals surface area (Å²) in [5.41, 5.74) is 0. The zero-order valence-corrected chi connectivity index (χ0v) is 12.3. The summed E-state index contributed by atoms with van der Waals surface area (Å²) in [5, 5.41) is 6.48. The minimum atomic E-state index is 0.217. The highest BCUT2D eigenvalue weighted by molar-refractivity contribution is 5.78. The van der Waals surface area contributed by atoms with Crippen molar-refractivity contribution in [3.8, 4) is 0 Å². The fraction of sp³-hybridized carbons (Fsp3) is 0.933. The average Bonchev–Trinajstić information content (AvgIpc) is 3.22. The van der Waals surface area contributed by atoms with Crippen LogP contribution in [0.4, 0.5) is 0 Å². The van der Waals surface area contributed by atoms with Gasteiger partial charge < -0.3 is 10.6 Å². The first-order valence-electron chi connectivity index (χ1n) is 7.97. The maximum Gasteiger partial charge on any atom is 0.234 e. The first kappa shape index (κ1) is 14.8. The molecule has 1 heterocycles. The topological polar surface area (TPSA) is 44.4 Å². The summed E-state index contributed by atoms with van der Waals surface area (Å²) in [6.07, 6.45) is 6.23. The van der Waals surface area contributed by atoms with Crippen molar-refractivity contribution in [2.45, 2.75) is 39.0 Å². The molecule has 19 heavy (non-hydrogen) atoms. The van der Waals surface area contributed by atoms with E-state index < -0.39 is 0 Å². The molecule has 0 aromatic rings. The largest absolute Gasteiger partial charge is 0.355 e. The lowest BCUT2D eigenvalue weighted by molar-refractivity contribution is -0.122. The van der Waals surface area contributed by atoms with Gasteiger partial charge in [0, 0.05) is 13.1 Å². The van der Waals surface area contributed by atoms with Crippen LogP contribution in [0.25, 0.3) is 0 Å². The number of carbonyl (C=O) groups excluding carboxylic acids is 1. The molecule has 4 heteroatoms. The van der Waals surface area contributed by atoms with E-state index >= 15 is 0 Å². The maximum atomic E-state index is 11.9. The molecule has 0 atom stereocenters. The summed E-state index contributed by atoms with van der Waals surface area (Å²) in [6.45, 7) is 8.08. The Morgan fingerprint density at radius 2 is 1.95 bits per heavy atom. The third-order valence-electron chi connectivity index (χ3n) is 4.17. The van der Waals surface area contributed by atoms with E-state index in [1.807, 2.05) is 0 Å². The molecule has 1 aliphatic heterocycles. The van der Waals surface area contributed by atoms with Crippen molar-refractivity contribution >= 4 is 5.91 Å². The summed E-state index contributed by atoms with van der Waals surface area (Å²) in [5.74, 6) is 1.76. The molecule has 110 valence electrons. The highest BCUT2D eigenvalue weighted by Gasteiger charge is 2.22. The lowest BCUT2D eigenvalue weighted by Crippen LogP contribution is -2.42. The molecule has 0 radical (unpaired) electrons. The van der Waals surface area contributed by atoms with Crippen LogP contribution in [-0.2, 0) is 4.79 Å². The molecular weight excluding hydrogens is 238 g/mol. The molecule has 2 fully saturated rings. The molecule has 1 saturated carbocycles. The zero-order valence-electron chi connectivity index (χ0n) is 12.3. The molecule has 4 nitrogen and oxygen atoms in total. The van der Waals surface area contributed by atoms with Crippen molar-refractivity contribution in [3.63, 3.8) is 0 Å². The first-order chi connectivity index (χ1) is 9.28. The van der Waals surface area contributed by atoms with E-state index in [0.29, 0.717) is 6.54 Å². The Balaban J connectivity index is 1.68. The van der Waals surface area contributed by atoms with E-state index in [1.165, 1.54) is 25.7 Å². The fourth-order valence-electron chi connectivity index (χ4n) is 2.82. The molecule has 0 bridgehead atoms. The summed E-state index contributed by atoms with van der Waals surface area (Å²) in [4.78, 5) is 14.3. The van der Waals surface area contributed by atoms with Gasteiger partial charge in [0.1, 0.15) is 0 Å². The smallest absolute Gasteiger partial charge is 0.234 e. The van der Waals surface area contributed by atoms with Crippen molar-refractivity contribution in [2.75, 3.05) is 39.3 Å². The molecule has 0 aromatic heterocycles. The minimum absolute atomic E-state index is 0.217. The molecule has 0 unspecified atom stereocenters. The number of nitrogens with zero attached hydrogens (tertiary/aromatic N) is 1. The van der Waals surface area contributed by atoms with E-state index in [0.717, 1.165) is 51.0 Å². The van der Waals surface area contributed by atoms with Gasteiger partial charge in [-0.05, 0) is 63.6 Å². The van der Waals surface area contributed by atoms with Crippen LogP contribution in [0.2, 0.25) is 0 Å². The second kappa shape index (κ2) is 7.85. The Kier molecular flexibility index (Phi) is 6.11. The normalized spacial score (nSPS) is 20.7. The Hall–Kier alpha value is -0.610. The molecule has 1 saturated heterocycles. The van der Waals surface area contributed by atoms with E-state index in [-0.39, 0.29) is 5.91 Å². The van der Waals surface area contributed by atoms with Crippen molar-refractivity contribution < 1.29 is 4.79 Å². The van der Waals surface area contributed by atoms with Gasteiger partial charge in [-0.25, -0.2) is 0 Å². The van der Waals surface area contributed by atoms with E-state index in [1.54, 1.807) is 0 Å². The van der Waals surface area contributed by atoms with Gasteiger partial charge in [-0.2, -0.15) is 0 Å². The SMILES string of the molecule is CCCN(CC(=O)NCC1CC1)CC1CCNCC1. The molecule has 2 N–H and O–H groups in total. The average molecular weight is 267 g/mol. The van der Waals surface area contributed by atoms with Crippen LogP contribution in [0.1, 0.15) is 39.0 Å². The Morgan fingerprint density at radius 3 is 2.58 bits per heavy atom. The van der Waals surface area contributed by atoms with Crippen molar-refractivity contribution in [1.29, 1.82) is 0 Å². The summed E-state index contributed by atoms with van der Waals surface area (Å²) in [6, 6.07) is 0. The molecule has 2 aliphatic rings. The van der Waals surface area contributed by atoms with Gasteiger partial charge in [-0.15, -0.1) is 0 Å². The van der Waals surface area contributed by atoms with Crippen LogP contribution >= 0.6 is 0 Å². The molecule has 1 amide bonds. The predicted octanol–water partition coefficient (Wildman–Crippen LogP) is 1.22. The highest BCUT2D eigenvalue weighted by Crippen LogP contribution is 2.27. The van der Waals surface area contributed by atoms with Crippen LogP contribution in [0.3, 0.4) is 0 Å². The van der Waals surface area contributed by atoms with Crippen molar-refractivity contribution in [2.24, 2.45) is 11.8 Å². The summed E-state index contributed by atoms with van der Waals surface area (Å²) in [7, 11) is 0. The van der Waals surface area contributed by atoms with Crippen molar-refractivity contribution in [3.05, 3.63) is 0 Å². The van der Waals surface area contributed by atoms with Gasteiger partial charge in [0.15, 0.2) is 0 Å². The van der Waals surface area contributed by atoms with Crippen molar-refractivity contribution in [1.82, 2.24) is 15.5 Å². The Morgan fingerprint density at radius 1 is 1.21 bits per heavy atom. The van der Waals surface area contributed by atoms with Gasteiger partial charge in [-0.1, -0.05) is 6.92 Å². The van der Waals surface area contributed by atoms with Gasteiger partial charge >= 0.3 is 0 Å². The summed E-state index contributed by atoms with van der Waals surface area (Å²) >= 11 is 0. The monoisotopic (exact) mass is 267 g/mol. The number of carbonyl (C=O) groups is 1. The maximum absolute atomic E-state index is 11.9. The minimum Gasteiger partial charge on any atom is -0.355 e. The second-order valence-electron chi connectivity index (χ2n) is 6.18. The highest BCUT2D eigenvalue weighted by atomic mass is 16.2. The quantitative estimate of drug-likeness (QED) is 0.695. The fourth-order valence-corrected chi connectivity index (χ4v) is 2.82. The number of hydrogen-bond donors (Lipinski definition) is 2. The van der Waals surface area contributed by atoms with Crippen LogP contribution < -0.4 is 10.6 Å². The van der Waals surface area contributed by atoms with Crippen LogP contribution in [0.5, 0.6) is 0 Å². The molecule has 0 spiro atoms. The lowest BCUT2D eigenvalue weighted by atomic mass is 9.97. The van der Waals surface area contributed by atoms with E-state index in [2.05, 4.69) is 22.5 Å². The van der Waals surface area contributed by atoms with Gasteiger partial charge in [-0.3, -0.25) is 9.69 Å². The Labute approximate surface area is 117 Å². The third kappa shape index (κ3) is 5.91. The second-order valence-corrected chi connectivity index (χ2v) is 6.18. The number of rotatable bonds is 8. The Bertz CT molecular complexity index is 273. The van der Waals surface area contributed by atoms with Gasteiger partial charge in [0.25, 0.3) is 0 Å². The van der Waals surface area contributed by atoms with Gasteiger partial charge in [0.05, 0.1) is 6.54 Å². The zero-order chi connectivity index (χ0) is 13.5. The third-order valence-corrected chi connectivity index (χ3v) is 4.17. The number of hydrogen-bond acceptors (Lipinski definition) is 3. The number of nitrogens with one attached hydrogen (secondary N) is 2. The van der Waals surface area contributed by atoms with E-state index in [4.69, 9.17) is 0 Å². The standard InChI is InChI=1S/C15H29N3O/c1-2-9-18(11-14-5-7-16-8-6-14)12-15(19)17-10-13-3-4-13/h13-14,16H,2-12H2,1H3,(H,17,19). The first-order valence-corrected chi connectivity index (χ1v) is 7.97. The van der Waals surface area contributed by atoms with Gasteiger partial charge in [0.2, 0.25) is 5.91 Å². The number of piperidine rings is 1. The van der Waals surface area contributed by atoms with Crippen LogP contribution in [-0.4, -0.2) is 50.1 Å². The van der Waals surface area contributed by atoms with Crippen LogP contribution in [0.15, 0.2) is 0 Å². The van der Waals surface area contributed by atoms with Crippen LogP contribution in [0, 0.1) is 11.8 Å². The molecule has 2 rings (SSSR count). The number of amides is 1. The summed E-state index contributed by atoms with van der Waals surface area (Å²) < 4.78 is 0. The molecule has 1 aliphatic carbocycles. The lowest BCUT2D eigenvalue weighted by Gasteiger charge is -2.29. The molecular formula is C15H29N3O. The predicted molar refractivity (Wildman–Crippen MR) is 78.1 cm³/mol.